The van der Waals surface area contributed by atoms with Gasteiger partial charge in [-0.05, 0) is 36.5 Å². The van der Waals surface area contributed by atoms with Crippen LogP contribution >= 0.6 is 0 Å². The van der Waals surface area contributed by atoms with Crippen molar-refractivity contribution in [3.05, 3.63) is 35.4 Å². The van der Waals surface area contributed by atoms with Crippen molar-refractivity contribution < 1.29 is 19.4 Å². The Morgan fingerprint density at radius 1 is 1.30 bits per heavy atom. The zero-order valence-electron chi connectivity index (χ0n) is 13.5. The van der Waals surface area contributed by atoms with Gasteiger partial charge in [-0.25, -0.2) is 9.59 Å². The maximum absolute atomic E-state index is 12.0. The number of carbonyl (C=O) groups is 2. The second-order valence-corrected chi connectivity index (χ2v) is 6.20. The smallest absolute Gasteiger partial charge is 0.335 e. The van der Waals surface area contributed by atoms with Crippen molar-refractivity contribution in [1.29, 1.82) is 0 Å². The van der Waals surface area contributed by atoms with Gasteiger partial charge >= 0.3 is 12.0 Å². The first-order valence-electron chi connectivity index (χ1n) is 7.94. The molecule has 2 rings (SSSR count). The number of carbonyl (C=O) groups excluding carboxylic acids is 1. The van der Waals surface area contributed by atoms with E-state index >= 15 is 0 Å². The van der Waals surface area contributed by atoms with E-state index in [2.05, 4.69) is 24.5 Å². The number of ether oxygens (including phenoxy) is 1. The van der Waals surface area contributed by atoms with Crippen LogP contribution in [0.1, 0.15) is 42.6 Å². The van der Waals surface area contributed by atoms with Crippen molar-refractivity contribution in [3.63, 3.8) is 0 Å². The number of benzene rings is 1. The molecular formula is C17H24N2O4. The first kappa shape index (κ1) is 17.3. The van der Waals surface area contributed by atoms with E-state index in [-0.39, 0.29) is 23.7 Å². The van der Waals surface area contributed by atoms with Crippen LogP contribution in [0.3, 0.4) is 0 Å². The van der Waals surface area contributed by atoms with Gasteiger partial charge in [0.1, 0.15) is 0 Å². The zero-order chi connectivity index (χ0) is 16.8. The van der Waals surface area contributed by atoms with Crippen LogP contribution in [0.15, 0.2) is 24.3 Å². The zero-order valence-corrected chi connectivity index (χ0v) is 13.5. The number of urea groups is 1. The number of carboxylic acids is 1. The fourth-order valence-electron chi connectivity index (χ4n) is 2.61. The number of carboxylic acid groups (broad SMARTS) is 1. The Bertz CT molecular complexity index is 542. The molecule has 2 amide bonds. The molecule has 1 aromatic rings. The van der Waals surface area contributed by atoms with Crippen LogP contribution in [0.25, 0.3) is 0 Å². The van der Waals surface area contributed by atoms with Crippen LogP contribution in [0.4, 0.5) is 4.79 Å². The summed E-state index contributed by atoms with van der Waals surface area (Å²) in [6.07, 6.45) is 1.85. The summed E-state index contributed by atoms with van der Waals surface area (Å²) in [6, 6.07) is 6.39. The van der Waals surface area contributed by atoms with Gasteiger partial charge in [-0.2, -0.15) is 0 Å². The van der Waals surface area contributed by atoms with Gasteiger partial charge in [0.05, 0.1) is 11.7 Å². The van der Waals surface area contributed by atoms with E-state index < -0.39 is 5.97 Å². The molecule has 2 unspecified atom stereocenters. The minimum absolute atomic E-state index is 0.130. The molecule has 0 spiro atoms. The van der Waals surface area contributed by atoms with Gasteiger partial charge in [0.2, 0.25) is 0 Å². The van der Waals surface area contributed by atoms with Crippen molar-refractivity contribution in [2.75, 3.05) is 6.61 Å². The minimum atomic E-state index is -0.957. The lowest BCUT2D eigenvalue weighted by molar-refractivity contribution is -0.0225. The number of hydrogen-bond donors (Lipinski definition) is 3. The third-order valence-electron chi connectivity index (χ3n) is 4.05. The lowest BCUT2D eigenvalue weighted by atomic mass is 9.95. The Balaban J connectivity index is 1.77. The van der Waals surface area contributed by atoms with Crippen LogP contribution in [-0.4, -0.2) is 35.9 Å². The summed E-state index contributed by atoms with van der Waals surface area (Å²) < 4.78 is 5.69. The molecule has 1 saturated heterocycles. The van der Waals surface area contributed by atoms with Gasteiger partial charge in [0.25, 0.3) is 0 Å². The average molecular weight is 320 g/mol. The fourth-order valence-corrected chi connectivity index (χ4v) is 2.61. The average Bonchev–Trinajstić information content (AvgIpc) is 2.53. The Hall–Kier alpha value is -2.08. The first-order valence-corrected chi connectivity index (χ1v) is 7.94. The molecule has 0 aromatic heterocycles. The van der Waals surface area contributed by atoms with E-state index in [1.54, 1.807) is 12.1 Å². The van der Waals surface area contributed by atoms with Crippen molar-refractivity contribution in [2.24, 2.45) is 5.92 Å². The molecule has 3 N–H and O–H groups in total. The Morgan fingerprint density at radius 3 is 2.61 bits per heavy atom. The number of aromatic carboxylic acids is 1. The maximum Gasteiger partial charge on any atom is 0.335 e. The Kier molecular flexibility index (Phi) is 5.98. The van der Waals surface area contributed by atoms with E-state index in [0.29, 0.717) is 19.1 Å². The summed E-state index contributed by atoms with van der Waals surface area (Å²) >= 11 is 0. The molecule has 0 saturated carbocycles. The highest BCUT2D eigenvalue weighted by molar-refractivity contribution is 5.87. The number of amides is 2. The molecule has 0 bridgehead atoms. The second-order valence-electron chi connectivity index (χ2n) is 6.20. The molecule has 2 atom stereocenters. The van der Waals surface area contributed by atoms with Crippen molar-refractivity contribution in [3.8, 4) is 0 Å². The van der Waals surface area contributed by atoms with Gasteiger partial charge < -0.3 is 20.5 Å². The Labute approximate surface area is 136 Å². The fraction of sp³-hybridized carbons (Fsp3) is 0.529. The van der Waals surface area contributed by atoms with E-state index in [1.807, 2.05) is 0 Å². The molecule has 1 aliphatic heterocycles. The van der Waals surface area contributed by atoms with Crippen LogP contribution in [-0.2, 0) is 11.3 Å². The molecule has 6 heteroatoms. The minimum Gasteiger partial charge on any atom is -0.478 e. The summed E-state index contributed by atoms with van der Waals surface area (Å²) in [6.45, 7) is 5.27. The van der Waals surface area contributed by atoms with Gasteiger partial charge in [-0.15, -0.1) is 0 Å². The highest BCUT2D eigenvalue weighted by atomic mass is 16.5. The largest absolute Gasteiger partial charge is 0.478 e. The molecule has 0 aliphatic carbocycles. The number of nitrogens with one attached hydrogen (secondary N) is 2. The van der Waals surface area contributed by atoms with Crippen LogP contribution in [0, 0.1) is 5.92 Å². The summed E-state index contributed by atoms with van der Waals surface area (Å²) in [7, 11) is 0. The highest BCUT2D eigenvalue weighted by Crippen LogP contribution is 2.20. The van der Waals surface area contributed by atoms with Crippen molar-refractivity contribution in [2.45, 2.75) is 45.4 Å². The van der Waals surface area contributed by atoms with Crippen LogP contribution in [0.2, 0.25) is 0 Å². The summed E-state index contributed by atoms with van der Waals surface area (Å²) in [5, 5.41) is 14.6. The van der Waals surface area contributed by atoms with Gasteiger partial charge in [-0.1, -0.05) is 26.0 Å². The predicted octanol–water partition coefficient (Wildman–Crippen LogP) is 2.39. The van der Waals surface area contributed by atoms with Gasteiger partial charge in [0.15, 0.2) is 0 Å². The maximum atomic E-state index is 12.0. The van der Waals surface area contributed by atoms with Gasteiger partial charge in [0, 0.05) is 19.2 Å². The van der Waals surface area contributed by atoms with E-state index in [1.165, 1.54) is 12.1 Å². The highest BCUT2D eigenvalue weighted by Gasteiger charge is 2.25. The molecule has 23 heavy (non-hydrogen) atoms. The van der Waals surface area contributed by atoms with Crippen LogP contribution in [0.5, 0.6) is 0 Å². The molecule has 126 valence electrons. The molecule has 1 aliphatic rings. The molecule has 1 heterocycles. The normalized spacial score (nSPS) is 21.0. The molecule has 1 fully saturated rings. The topological polar surface area (TPSA) is 87.7 Å². The van der Waals surface area contributed by atoms with Crippen molar-refractivity contribution in [1.82, 2.24) is 10.6 Å². The third kappa shape index (κ3) is 5.25. The summed E-state index contributed by atoms with van der Waals surface area (Å²) in [5.74, 6) is -0.517. The van der Waals surface area contributed by atoms with Crippen LogP contribution < -0.4 is 10.6 Å². The number of rotatable bonds is 5. The lowest BCUT2D eigenvalue weighted by Gasteiger charge is -2.32. The lowest BCUT2D eigenvalue weighted by Crippen LogP contribution is -2.47. The van der Waals surface area contributed by atoms with E-state index in [0.717, 1.165) is 18.4 Å². The van der Waals surface area contributed by atoms with Crippen molar-refractivity contribution >= 4 is 12.0 Å². The standard InChI is InChI=1S/C17H24N2O4/c1-11(2)15-9-14(7-8-23-15)19-17(22)18-10-12-3-5-13(6-4-12)16(20)21/h3-6,11,14-15H,7-10H2,1-2H3,(H,20,21)(H2,18,19,22). The summed E-state index contributed by atoms with van der Waals surface area (Å²) in [5.41, 5.74) is 1.09. The monoisotopic (exact) mass is 320 g/mol. The second kappa shape index (κ2) is 7.97. The molecule has 1 aromatic carbocycles. The SMILES string of the molecule is CC(C)C1CC(NC(=O)NCc2ccc(C(=O)O)cc2)CCO1. The van der Waals surface area contributed by atoms with E-state index in [4.69, 9.17) is 9.84 Å². The Morgan fingerprint density at radius 2 is 2.00 bits per heavy atom. The molecular weight excluding hydrogens is 296 g/mol. The quantitative estimate of drug-likeness (QED) is 0.777. The molecule has 0 radical (unpaired) electrons. The first-order chi connectivity index (χ1) is 11.0. The van der Waals surface area contributed by atoms with E-state index in [9.17, 15) is 9.59 Å². The molecule has 6 nitrogen and oxygen atoms in total. The van der Waals surface area contributed by atoms with Gasteiger partial charge in [-0.3, -0.25) is 0 Å². The third-order valence-corrected chi connectivity index (χ3v) is 4.05. The number of hydrogen-bond acceptors (Lipinski definition) is 3. The predicted molar refractivity (Wildman–Crippen MR) is 86.4 cm³/mol. The summed E-state index contributed by atoms with van der Waals surface area (Å²) in [4.78, 5) is 22.8.